The van der Waals surface area contributed by atoms with Crippen molar-refractivity contribution in [2.24, 2.45) is 0 Å². The van der Waals surface area contributed by atoms with Crippen molar-refractivity contribution >= 4 is 6.29 Å². The minimum Gasteiger partial charge on any atom is -0.489 e. The third kappa shape index (κ3) is 4.49. The zero-order valence-electron chi connectivity index (χ0n) is 12.2. The predicted molar refractivity (Wildman–Crippen MR) is 83.3 cm³/mol. The molecule has 0 fully saturated rings. The summed E-state index contributed by atoms with van der Waals surface area (Å²) in [5.41, 5.74) is 1.65. The van der Waals surface area contributed by atoms with Gasteiger partial charge in [-0.15, -0.1) is 0 Å². The fourth-order valence-electron chi connectivity index (χ4n) is 1.74. The van der Waals surface area contributed by atoms with Crippen molar-refractivity contribution < 1.29 is 14.3 Å². The number of rotatable bonds is 6. The summed E-state index contributed by atoms with van der Waals surface area (Å²) in [5, 5.41) is 0. The molecule has 0 bridgehead atoms. The zero-order chi connectivity index (χ0) is 15.1. The van der Waals surface area contributed by atoms with Crippen LogP contribution in [0.1, 0.15) is 24.2 Å². The number of ether oxygens (including phenoxy) is 2. The van der Waals surface area contributed by atoms with Crippen LogP contribution in [-0.4, -0.2) is 12.9 Å². The fourth-order valence-corrected chi connectivity index (χ4v) is 1.74. The summed E-state index contributed by atoms with van der Waals surface area (Å²) in [6.45, 7) is 4.45. The number of carbonyl (C=O) groups excluding carboxylic acids is 1. The lowest BCUT2D eigenvalue weighted by molar-refractivity contribution is 0.111. The van der Waals surface area contributed by atoms with E-state index in [4.69, 9.17) is 9.47 Å². The highest BCUT2D eigenvalue weighted by molar-refractivity contribution is 5.80. The van der Waals surface area contributed by atoms with Gasteiger partial charge in [0.05, 0.1) is 5.56 Å². The molecule has 21 heavy (non-hydrogen) atoms. The minimum absolute atomic E-state index is 0.446. The van der Waals surface area contributed by atoms with Gasteiger partial charge >= 0.3 is 0 Å². The highest BCUT2D eigenvalue weighted by atomic mass is 16.5. The average Bonchev–Trinajstić information content (AvgIpc) is 2.49. The lowest BCUT2D eigenvalue weighted by atomic mass is 10.2. The molecule has 0 spiro atoms. The summed E-state index contributed by atoms with van der Waals surface area (Å²) in [4.78, 5) is 11.2. The summed E-state index contributed by atoms with van der Waals surface area (Å²) >= 11 is 0. The van der Waals surface area contributed by atoms with Crippen LogP contribution in [0.5, 0.6) is 17.2 Å². The van der Waals surface area contributed by atoms with Gasteiger partial charge in [0.25, 0.3) is 0 Å². The number of allylic oxidation sites excluding steroid dienone is 1. The Morgan fingerprint density at radius 1 is 1.05 bits per heavy atom. The van der Waals surface area contributed by atoms with E-state index in [9.17, 15) is 4.79 Å². The molecular weight excluding hydrogens is 264 g/mol. The lowest BCUT2D eigenvalue weighted by Gasteiger charge is -2.10. The quantitative estimate of drug-likeness (QED) is 0.572. The maximum atomic E-state index is 11.2. The maximum absolute atomic E-state index is 11.2. The molecular formula is C18H18O3. The minimum atomic E-state index is 0.446. The largest absolute Gasteiger partial charge is 0.489 e. The number of carbonyl (C=O) groups is 1. The first-order valence-corrected chi connectivity index (χ1v) is 6.77. The second-order valence-electron chi connectivity index (χ2n) is 4.83. The molecule has 0 N–H and O–H groups in total. The van der Waals surface area contributed by atoms with E-state index < -0.39 is 0 Å². The normalized spacial score (nSPS) is 9.81. The van der Waals surface area contributed by atoms with Crippen LogP contribution in [0.25, 0.3) is 0 Å². The van der Waals surface area contributed by atoms with E-state index >= 15 is 0 Å². The molecule has 3 heteroatoms. The maximum Gasteiger partial charge on any atom is 0.153 e. The van der Waals surface area contributed by atoms with Crippen molar-refractivity contribution in [3.8, 4) is 17.2 Å². The Morgan fingerprint density at radius 3 is 2.48 bits per heavy atom. The van der Waals surface area contributed by atoms with Crippen LogP contribution in [0.4, 0.5) is 0 Å². The van der Waals surface area contributed by atoms with Crippen molar-refractivity contribution in [2.45, 2.75) is 13.8 Å². The Hall–Kier alpha value is -2.55. The highest BCUT2D eigenvalue weighted by Crippen LogP contribution is 2.26. The molecule has 0 saturated heterocycles. The van der Waals surface area contributed by atoms with Crippen molar-refractivity contribution in [1.29, 1.82) is 0 Å². The molecule has 3 nitrogen and oxygen atoms in total. The molecule has 0 unspecified atom stereocenters. The number of benzene rings is 2. The van der Waals surface area contributed by atoms with Crippen LogP contribution >= 0.6 is 0 Å². The van der Waals surface area contributed by atoms with Crippen LogP contribution in [0.2, 0.25) is 0 Å². The second-order valence-corrected chi connectivity index (χ2v) is 4.83. The van der Waals surface area contributed by atoms with Gasteiger partial charge in [-0.1, -0.05) is 23.8 Å². The summed E-state index contributed by atoms with van der Waals surface area (Å²) in [7, 11) is 0. The molecule has 0 saturated carbocycles. The standard InChI is InChI=1S/C18H18O3/c1-14(2)10-11-20-18-9-8-17(12-15(18)13-19)21-16-6-4-3-5-7-16/h3-10,12-13H,11H2,1-2H3. The molecule has 0 heterocycles. The van der Waals surface area contributed by atoms with E-state index in [2.05, 4.69) is 0 Å². The molecule has 0 aliphatic carbocycles. The molecule has 0 atom stereocenters. The van der Waals surface area contributed by atoms with Gasteiger partial charge < -0.3 is 9.47 Å². The van der Waals surface area contributed by atoms with Crippen molar-refractivity contribution in [2.75, 3.05) is 6.61 Å². The number of hydrogen-bond donors (Lipinski definition) is 0. The molecule has 2 aromatic carbocycles. The molecule has 0 radical (unpaired) electrons. The van der Waals surface area contributed by atoms with Crippen molar-refractivity contribution in [3.63, 3.8) is 0 Å². The first-order chi connectivity index (χ1) is 10.2. The van der Waals surface area contributed by atoms with Gasteiger partial charge in [0.2, 0.25) is 0 Å². The molecule has 0 aliphatic heterocycles. The van der Waals surface area contributed by atoms with Gasteiger partial charge in [0.15, 0.2) is 6.29 Å². The third-order valence-electron chi connectivity index (χ3n) is 2.82. The van der Waals surface area contributed by atoms with Crippen LogP contribution in [-0.2, 0) is 0 Å². The van der Waals surface area contributed by atoms with E-state index in [0.717, 1.165) is 12.0 Å². The topological polar surface area (TPSA) is 35.5 Å². The first kappa shape index (κ1) is 14.9. The number of aldehydes is 1. The van der Waals surface area contributed by atoms with Gasteiger partial charge in [-0.05, 0) is 50.3 Å². The highest BCUT2D eigenvalue weighted by Gasteiger charge is 2.05. The summed E-state index contributed by atoms with van der Waals surface area (Å²) in [6.07, 6.45) is 2.73. The van der Waals surface area contributed by atoms with E-state index in [0.29, 0.717) is 23.7 Å². The van der Waals surface area contributed by atoms with Gasteiger partial charge in [0.1, 0.15) is 23.9 Å². The molecule has 0 amide bonds. The van der Waals surface area contributed by atoms with Crippen LogP contribution < -0.4 is 9.47 Å². The zero-order valence-corrected chi connectivity index (χ0v) is 12.2. The van der Waals surface area contributed by atoms with Crippen molar-refractivity contribution in [1.82, 2.24) is 0 Å². The second kappa shape index (κ2) is 7.29. The van der Waals surface area contributed by atoms with Crippen LogP contribution in [0.15, 0.2) is 60.2 Å². The molecule has 108 valence electrons. The molecule has 2 rings (SSSR count). The van der Waals surface area contributed by atoms with E-state index in [1.807, 2.05) is 50.3 Å². The predicted octanol–water partition coefficient (Wildman–Crippen LogP) is 4.64. The Morgan fingerprint density at radius 2 is 1.81 bits per heavy atom. The summed E-state index contributed by atoms with van der Waals surface area (Å²) in [6, 6.07) is 14.7. The number of para-hydroxylation sites is 1. The average molecular weight is 282 g/mol. The Bertz CT molecular complexity index is 626. The van der Waals surface area contributed by atoms with Gasteiger partial charge in [0, 0.05) is 0 Å². The number of hydrogen-bond acceptors (Lipinski definition) is 3. The van der Waals surface area contributed by atoms with Crippen LogP contribution in [0.3, 0.4) is 0 Å². The molecule has 0 aromatic heterocycles. The Balaban J connectivity index is 2.12. The Kier molecular flexibility index (Phi) is 5.16. The van der Waals surface area contributed by atoms with E-state index in [-0.39, 0.29) is 0 Å². The summed E-state index contributed by atoms with van der Waals surface area (Å²) < 4.78 is 11.3. The third-order valence-corrected chi connectivity index (χ3v) is 2.82. The first-order valence-electron chi connectivity index (χ1n) is 6.77. The Labute approximate surface area is 124 Å². The SMILES string of the molecule is CC(C)=CCOc1ccc(Oc2ccccc2)cc1C=O. The smallest absolute Gasteiger partial charge is 0.153 e. The lowest BCUT2D eigenvalue weighted by Crippen LogP contribution is -1.98. The summed E-state index contributed by atoms with van der Waals surface area (Å²) in [5.74, 6) is 1.90. The van der Waals surface area contributed by atoms with Crippen LogP contribution in [0, 0.1) is 0 Å². The van der Waals surface area contributed by atoms with Gasteiger partial charge in [-0.3, -0.25) is 4.79 Å². The van der Waals surface area contributed by atoms with Gasteiger partial charge in [-0.25, -0.2) is 0 Å². The van der Waals surface area contributed by atoms with Crippen molar-refractivity contribution in [3.05, 3.63) is 65.7 Å². The van der Waals surface area contributed by atoms with Gasteiger partial charge in [-0.2, -0.15) is 0 Å². The fraction of sp³-hybridized carbons (Fsp3) is 0.167. The molecule has 2 aromatic rings. The van der Waals surface area contributed by atoms with E-state index in [1.165, 1.54) is 5.57 Å². The van der Waals surface area contributed by atoms with E-state index in [1.54, 1.807) is 18.2 Å². The monoisotopic (exact) mass is 282 g/mol. The molecule has 0 aliphatic rings.